The summed E-state index contributed by atoms with van der Waals surface area (Å²) in [7, 11) is 0. The molecule has 0 heterocycles. The molecule has 0 N–H and O–H groups in total. The number of unbranched alkanes of at least 4 members (excludes halogenated alkanes) is 10. The van der Waals surface area contributed by atoms with Crippen molar-refractivity contribution in [1.29, 1.82) is 0 Å². The van der Waals surface area contributed by atoms with Crippen LogP contribution in [-0.4, -0.2) is 5.12 Å². The number of carbonyl (C=O) groups excluding carboxylic acids is 1. The molecule has 0 spiro atoms. The first-order chi connectivity index (χ1) is 15.2. The van der Waals surface area contributed by atoms with Crippen molar-refractivity contribution >= 4 is 16.9 Å². The Bertz CT molecular complexity index is 717. The minimum Gasteiger partial charge on any atom is -0.287 e. The number of carbonyl (C=O) groups is 1. The molecule has 170 valence electrons. The van der Waals surface area contributed by atoms with Gasteiger partial charge in [0.25, 0.3) is 0 Å². The normalized spacial score (nSPS) is 11.0. The highest BCUT2D eigenvalue weighted by atomic mass is 32.2. The van der Waals surface area contributed by atoms with Gasteiger partial charge in [0, 0.05) is 11.3 Å². The molecule has 0 atom stereocenters. The molecule has 2 heteroatoms. The molecule has 0 aliphatic rings. The van der Waals surface area contributed by atoms with E-state index in [2.05, 4.69) is 62.4 Å². The van der Waals surface area contributed by atoms with Crippen LogP contribution in [0.1, 0.15) is 103 Å². The van der Waals surface area contributed by atoms with Crippen LogP contribution in [0, 0.1) is 0 Å². The third-order valence-corrected chi connectivity index (χ3v) is 6.87. The monoisotopic (exact) mass is 438 g/mol. The van der Waals surface area contributed by atoms with E-state index in [9.17, 15) is 4.79 Å². The van der Waals surface area contributed by atoms with Crippen molar-refractivity contribution in [3.8, 4) is 11.1 Å². The summed E-state index contributed by atoms with van der Waals surface area (Å²) in [5, 5.41) is 0.291. The third kappa shape index (κ3) is 11.1. The predicted octanol–water partition coefficient (Wildman–Crippen LogP) is 9.63. The van der Waals surface area contributed by atoms with E-state index in [0.29, 0.717) is 11.5 Å². The van der Waals surface area contributed by atoms with Crippen LogP contribution in [0.3, 0.4) is 0 Å². The first kappa shape index (κ1) is 25.7. The number of aryl methyl sites for hydroxylation is 1. The van der Waals surface area contributed by atoms with Crippen LogP contribution in [0.4, 0.5) is 0 Å². The molecule has 2 aromatic carbocycles. The number of benzene rings is 2. The third-order valence-electron chi connectivity index (χ3n) is 5.93. The maximum Gasteiger partial charge on any atom is 0.193 e. The van der Waals surface area contributed by atoms with Crippen molar-refractivity contribution < 1.29 is 4.79 Å². The van der Waals surface area contributed by atoms with Gasteiger partial charge in [0.1, 0.15) is 0 Å². The van der Waals surface area contributed by atoms with E-state index in [1.54, 1.807) is 0 Å². The molecule has 0 unspecified atom stereocenters. The Labute approximate surface area is 195 Å². The lowest BCUT2D eigenvalue weighted by Gasteiger charge is -2.07. The van der Waals surface area contributed by atoms with E-state index in [1.165, 1.54) is 106 Å². The molecule has 0 saturated carbocycles. The fourth-order valence-electron chi connectivity index (χ4n) is 3.92. The van der Waals surface area contributed by atoms with E-state index in [4.69, 9.17) is 0 Å². The molecule has 1 nitrogen and oxygen atoms in total. The molecule has 0 aliphatic heterocycles. The highest BCUT2D eigenvalue weighted by molar-refractivity contribution is 8.13. The largest absolute Gasteiger partial charge is 0.287 e. The van der Waals surface area contributed by atoms with Gasteiger partial charge in [0.15, 0.2) is 5.12 Å². The lowest BCUT2D eigenvalue weighted by Crippen LogP contribution is -1.91. The van der Waals surface area contributed by atoms with Crippen LogP contribution < -0.4 is 0 Å². The van der Waals surface area contributed by atoms with Crippen LogP contribution >= 0.6 is 11.8 Å². The zero-order valence-corrected chi connectivity index (χ0v) is 20.7. The van der Waals surface area contributed by atoms with E-state index in [0.717, 1.165) is 11.3 Å². The summed E-state index contributed by atoms with van der Waals surface area (Å²) < 4.78 is 0. The predicted molar refractivity (Wildman–Crippen MR) is 138 cm³/mol. The quantitative estimate of drug-likeness (QED) is 0.192. The summed E-state index contributed by atoms with van der Waals surface area (Å²) in [6.45, 7) is 4.49. The van der Waals surface area contributed by atoms with Crippen molar-refractivity contribution in [1.82, 2.24) is 0 Å². The number of thioether (sulfide) groups is 1. The maximum absolute atomic E-state index is 12.2. The minimum absolute atomic E-state index is 0.291. The van der Waals surface area contributed by atoms with Crippen LogP contribution in [-0.2, 0) is 11.2 Å². The summed E-state index contributed by atoms with van der Waals surface area (Å²) in [6, 6.07) is 17.5. The van der Waals surface area contributed by atoms with E-state index in [-0.39, 0.29) is 0 Å². The second-order valence-electron chi connectivity index (χ2n) is 8.73. The van der Waals surface area contributed by atoms with Gasteiger partial charge in [-0.1, -0.05) is 126 Å². The van der Waals surface area contributed by atoms with E-state index < -0.39 is 0 Å². The van der Waals surface area contributed by atoms with Gasteiger partial charge in [0.05, 0.1) is 0 Å². The van der Waals surface area contributed by atoms with Crippen molar-refractivity contribution in [3.05, 3.63) is 54.1 Å². The van der Waals surface area contributed by atoms with Gasteiger partial charge in [-0.3, -0.25) is 4.79 Å². The molecular formula is C29H42OS. The van der Waals surface area contributed by atoms with Gasteiger partial charge in [-0.05, 0) is 48.1 Å². The fraction of sp³-hybridized carbons (Fsp3) is 0.552. The van der Waals surface area contributed by atoms with Gasteiger partial charge >= 0.3 is 0 Å². The summed E-state index contributed by atoms with van der Waals surface area (Å²) in [4.78, 5) is 13.2. The van der Waals surface area contributed by atoms with Crippen LogP contribution in [0.2, 0.25) is 0 Å². The molecule has 0 aliphatic carbocycles. The average molecular weight is 439 g/mol. The van der Waals surface area contributed by atoms with Crippen LogP contribution in [0.5, 0.6) is 0 Å². The van der Waals surface area contributed by atoms with E-state index in [1.807, 2.05) is 0 Å². The highest BCUT2D eigenvalue weighted by Crippen LogP contribution is 2.26. The van der Waals surface area contributed by atoms with Crippen molar-refractivity contribution in [2.24, 2.45) is 0 Å². The second-order valence-corrected chi connectivity index (χ2v) is 9.86. The van der Waals surface area contributed by atoms with Crippen molar-refractivity contribution in [2.75, 3.05) is 0 Å². The van der Waals surface area contributed by atoms with Gasteiger partial charge in [-0.2, -0.15) is 0 Å². The summed E-state index contributed by atoms with van der Waals surface area (Å²) in [5.74, 6) is 0. The number of hydrogen-bond acceptors (Lipinski definition) is 2. The molecule has 0 radical (unpaired) electrons. The number of rotatable bonds is 16. The van der Waals surface area contributed by atoms with E-state index >= 15 is 0 Å². The Hall–Kier alpha value is -1.54. The molecule has 31 heavy (non-hydrogen) atoms. The molecule has 0 bridgehead atoms. The average Bonchev–Trinajstić information content (AvgIpc) is 2.79. The Kier molecular flexibility index (Phi) is 13.4. The standard InChI is InChI=1S/C29H42OS/c1-3-5-7-9-10-12-13-15-25-17-19-26(20-18-25)27-21-23-28(24-22-27)31-29(30)16-14-11-8-6-4-2/h17-24H,3-16H2,1-2H3. The summed E-state index contributed by atoms with van der Waals surface area (Å²) in [5.41, 5.74) is 3.91. The smallest absolute Gasteiger partial charge is 0.193 e. The van der Waals surface area contributed by atoms with Gasteiger partial charge in [-0.25, -0.2) is 0 Å². The minimum atomic E-state index is 0.291. The first-order valence-electron chi connectivity index (χ1n) is 12.6. The van der Waals surface area contributed by atoms with Crippen molar-refractivity contribution in [3.63, 3.8) is 0 Å². The summed E-state index contributed by atoms with van der Waals surface area (Å²) in [6.07, 6.45) is 17.4. The van der Waals surface area contributed by atoms with Crippen LogP contribution in [0.15, 0.2) is 53.4 Å². The van der Waals surface area contributed by atoms with Gasteiger partial charge < -0.3 is 0 Å². The highest BCUT2D eigenvalue weighted by Gasteiger charge is 2.06. The zero-order valence-electron chi connectivity index (χ0n) is 19.8. The summed E-state index contributed by atoms with van der Waals surface area (Å²) >= 11 is 1.39. The Morgan fingerprint density at radius 1 is 0.613 bits per heavy atom. The Morgan fingerprint density at radius 2 is 1.10 bits per heavy atom. The lowest BCUT2D eigenvalue weighted by atomic mass is 10.0. The molecule has 2 aromatic rings. The molecule has 2 rings (SSSR count). The second kappa shape index (κ2) is 16.1. The topological polar surface area (TPSA) is 17.1 Å². The van der Waals surface area contributed by atoms with Crippen LogP contribution in [0.25, 0.3) is 11.1 Å². The Morgan fingerprint density at radius 3 is 1.68 bits per heavy atom. The van der Waals surface area contributed by atoms with Gasteiger partial charge in [0.2, 0.25) is 0 Å². The molecule has 0 aromatic heterocycles. The zero-order chi connectivity index (χ0) is 22.2. The SMILES string of the molecule is CCCCCCCCCc1ccc(-c2ccc(SC(=O)CCCCCCC)cc2)cc1. The van der Waals surface area contributed by atoms with Gasteiger partial charge in [-0.15, -0.1) is 0 Å². The fourth-order valence-corrected chi connectivity index (χ4v) is 4.70. The molecular weight excluding hydrogens is 396 g/mol. The van der Waals surface area contributed by atoms with Crippen molar-refractivity contribution in [2.45, 2.75) is 109 Å². The Balaban J connectivity index is 1.71. The molecule has 0 saturated heterocycles. The number of hydrogen-bond donors (Lipinski definition) is 0. The molecule has 0 amide bonds. The maximum atomic E-state index is 12.2. The lowest BCUT2D eigenvalue weighted by molar-refractivity contribution is -0.111. The molecule has 0 fully saturated rings. The first-order valence-corrected chi connectivity index (χ1v) is 13.4.